The molecule has 1 saturated heterocycles. The molecule has 0 aromatic heterocycles. The van der Waals surface area contributed by atoms with Gasteiger partial charge in [0, 0.05) is 5.39 Å². The molecule has 0 spiro atoms. The van der Waals surface area contributed by atoms with E-state index >= 15 is 0 Å². The van der Waals surface area contributed by atoms with Crippen molar-refractivity contribution in [3.8, 4) is 5.75 Å². The van der Waals surface area contributed by atoms with Crippen LogP contribution in [0.1, 0.15) is 0 Å². The lowest BCUT2D eigenvalue weighted by Crippen LogP contribution is -2.61. The molecule has 3 rings (SSSR count). The number of benzene rings is 2. The van der Waals surface area contributed by atoms with Gasteiger partial charge in [-0.3, -0.25) is 0 Å². The topological polar surface area (TPSA) is 116 Å². The van der Waals surface area contributed by atoms with Crippen LogP contribution in [0.25, 0.3) is 10.8 Å². The van der Waals surface area contributed by atoms with Crippen molar-refractivity contribution < 1.29 is 34.7 Å². The highest BCUT2D eigenvalue weighted by Crippen LogP contribution is 2.29. The third kappa shape index (κ3) is 2.87. The molecule has 122 valence electrons. The first-order valence-corrected chi connectivity index (χ1v) is 7.06. The number of aliphatic hydroxyl groups excluding tert-OH is 3. The zero-order valence-electron chi connectivity index (χ0n) is 11.9. The maximum atomic E-state index is 11.1. The second-order valence-electron chi connectivity index (χ2n) is 5.33. The molecule has 0 saturated carbocycles. The first-order valence-electron chi connectivity index (χ1n) is 7.06. The maximum Gasteiger partial charge on any atom is 0.335 e. The molecule has 0 bridgehead atoms. The van der Waals surface area contributed by atoms with Gasteiger partial charge in [-0.2, -0.15) is 0 Å². The molecule has 4 N–H and O–H groups in total. The average molecular weight is 320 g/mol. The normalized spacial score (nSPS) is 31.0. The lowest BCUT2D eigenvalue weighted by molar-refractivity contribution is -0.270. The minimum Gasteiger partial charge on any atom is -0.479 e. The number of carboxylic acids is 1. The first-order chi connectivity index (χ1) is 11.0. The SMILES string of the molecule is O=C(O)C1O[C@@H](Oc2cccc3ccccc23)C(O)C(O)[C@@H]1O. The van der Waals surface area contributed by atoms with Crippen LogP contribution < -0.4 is 4.74 Å². The van der Waals surface area contributed by atoms with Gasteiger partial charge in [-0.1, -0.05) is 36.4 Å². The van der Waals surface area contributed by atoms with Crippen molar-refractivity contribution in [3.63, 3.8) is 0 Å². The number of hydrogen-bond acceptors (Lipinski definition) is 6. The second-order valence-corrected chi connectivity index (χ2v) is 5.33. The van der Waals surface area contributed by atoms with Crippen molar-refractivity contribution in [1.82, 2.24) is 0 Å². The van der Waals surface area contributed by atoms with Gasteiger partial charge in [0.05, 0.1) is 0 Å². The van der Waals surface area contributed by atoms with E-state index in [1.54, 1.807) is 18.2 Å². The molecule has 1 fully saturated rings. The Morgan fingerprint density at radius 1 is 0.957 bits per heavy atom. The van der Waals surface area contributed by atoms with Crippen LogP contribution in [0.5, 0.6) is 5.75 Å². The monoisotopic (exact) mass is 320 g/mol. The molecule has 0 radical (unpaired) electrons. The Kier molecular flexibility index (Phi) is 4.18. The second kappa shape index (κ2) is 6.13. The van der Waals surface area contributed by atoms with E-state index in [9.17, 15) is 20.1 Å². The summed E-state index contributed by atoms with van der Waals surface area (Å²) in [5, 5.41) is 40.1. The number of carbonyl (C=O) groups is 1. The highest BCUT2D eigenvalue weighted by molar-refractivity contribution is 5.88. The summed E-state index contributed by atoms with van der Waals surface area (Å²) in [7, 11) is 0. The molecule has 1 heterocycles. The molecular formula is C16H16O7. The van der Waals surface area contributed by atoms with Crippen molar-refractivity contribution in [1.29, 1.82) is 0 Å². The summed E-state index contributed by atoms with van der Waals surface area (Å²) in [5.74, 6) is -1.07. The molecular weight excluding hydrogens is 304 g/mol. The van der Waals surface area contributed by atoms with Crippen LogP contribution in [0.3, 0.4) is 0 Å². The molecule has 2 aromatic rings. The molecule has 2 aromatic carbocycles. The number of rotatable bonds is 3. The van der Waals surface area contributed by atoms with E-state index in [0.29, 0.717) is 5.75 Å². The predicted octanol–water partition coefficient (Wildman–Crippen LogP) is 0.111. The van der Waals surface area contributed by atoms with Crippen molar-refractivity contribution in [2.24, 2.45) is 0 Å². The van der Waals surface area contributed by atoms with E-state index in [1.807, 2.05) is 24.3 Å². The average Bonchev–Trinajstić information content (AvgIpc) is 2.55. The summed E-state index contributed by atoms with van der Waals surface area (Å²) in [6.45, 7) is 0. The highest BCUT2D eigenvalue weighted by Gasteiger charge is 2.48. The van der Waals surface area contributed by atoms with Crippen molar-refractivity contribution in [2.75, 3.05) is 0 Å². The summed E-state index contributed by atoms with van der Waals surface area (Å²) >= 11 is 0. The number of hydrogen-bond donors (Lipinski definition) is 4. The van der Waals surface area contributed by atoms with Crippen molar-refractivity contribution in [3.05, 3.63) is 42.5 Å². The summed E-state index contributed by atoms with van der Waals surface area (Å²) in [5.41, 5.74) is 0. The van der Waals surface area contributed by atoms with Crippen LogP contribution in [-0.4, -0.2) is 57.1 Å². The largest absolute Gasteiger partial charge is 0.479 e. The van der Waals surface area contributed by atoms with E-state index in [2.05, 4.69) is 0 Å². The summed E-state index contributed by atoms with van der Waals surface area (Å²) < 4.78 is 10.7. The van der Waals surface area contributed by atoms with Gasteiger partial charge in [-0.15, -0.1) is 0 Å². The van der Waals surface area contributed by atoms with Gasteiger partial charge in [0.15, 0.2) is 6.10 Å². The molecule has 23 heavy (non-hydrogen) atoms. The lowest BCUT2D eigenvalue weighted by atomic mass is 9.99. The molecule has 1 aliphatic rings. The van der Waals surface area contributed by atoms with Crippen LogP contribution >= 0.6 is 0 Å². The van der Waals surface area contributed by atoms with Gasteiger partial charge in [0.2, 0.25) is 6.29 Å². The van der Waals surface area contributed by atoms with Gasteiger partial charge in [-0.25, -0.2) is 4.79 Å². The number of fused-ring (bicyclic) bond motifs is 1. The molecule has 7 nitrogen and oxygen atoms in total. The van der Waals surface area contributed by atoms with E-state index in [0.717, 1.165) is 10.8 Å². The predicted molar refractivity (Wildman–Crippen MR) is 78.9 cm³/mol. The molecule has 7 heteroatoms. The van der Waals surface area contributed by atoms with Crippen LogP contribution in [0.15, 0.2) is 42.5 Å². The summed E-state index contributed by atoms with van der Waals surface area (Å²) in [6, 6.07) is 12.6. The number of aliphatic hydroxyl groups is 3. The van der Waals surface area contributed by atoms with E-state index in [-0.39, 0.29) is 0 Å². The summed E-state index contributed by atoms with van der Waals surface area (Å²) in [4.78, 5) is 11.1. The van der Waals surface area contributed by atoms with Crippen molar-refractivity contribution in [2.45, 2.75) is 30.7 Å². The molecule has 0 aliphatic carbocycles. The Morgan fingerprint density at radius 3 is 2.39 bits per heavy atom. The molecule has 3 unspecified atom stereocenters. The fraction of sp³-hybridized carbons (Fsp3) is 0.312. The Labute approximate surface area is 131 Å². The number of carboxylic acid groups (broad SMARTS) is 1. The third-order valence-electron chi connectivity index (χ3n) is 3.81. The quantitative estimate of drug-likeness (QED) is 0.634. The Morgan fingerprint density at radius 2 is 1.65 bits per heavy atom. The van der Waals surface area contributed by atoms with E-state index in [1.165, 1.54) is 0 Å². The van der Waals surface area contributed by atoms with Gasteiger partial charge in [0.1, 0.15) is 24.1 Å². The zero-order valence-corrected chi connectivity index (χ0v) is 11.9. The zero-order chi connectivity index (χ0) is 16.6. The van der Waals surface area contributed by atoms with Gasteiger partial charge >= 0.3 is 5.97 Å². The van der Waals surface area contributed by atoms with E-state index < -0.39 is 36.7 Å². The van der Waals surface area contributed by atoms with Crippen LogP contribution in [0, 0.1) is 0 Å². The number of aliphatic carboxylic acids is 1. The minimum atomic E-state index is -1.74. The Bertz CT molecular complexity index is 711. The van der Waals surface area contributed by atoms with Crippen LogP contribution in [0.2, 0.25) is 0 Å². The van der Waals surface area contributed by atoms with Gasteiger partial charge in [0.25, 0.3) is 0 Å². The molecule has 0 amide bonds. The highest BCUT2D eigenvalue weighted by atomic mass is 16.7. The molecule has 1 aliphatic heterocycles. The van der Waals surface area contributed by atoms with Crippen LogP contribution in [-0.2, 0) is 9.53 Å². The Balaban J connectivity index is 1.90. The van der Waals surface area contributed by atoms with E-state index in [4.69, 9.17) is 14.6 Å². The van der Waals surface area contributed by atoms with Gasteiger partial charge in [-0.05, 0) is 11.5 Å². The first kappa shape index (κ1) is 15.7. The minimum absolute atomic E-state index is 0.375. The number of ether oxygens (including phenoxy) is 2. The fourth-order valence-electron chi connectivity index (χ4n) is 2.57. The Hall–Kier alpha value is -2.19. The van der Waals surface area contributed by atoms with Gasteiger partial charge < -0.3 is 29.9 Å². The standard InChI is InChI=1S/C16H16O7/c17-11-12(18)14(15(20)21)23-16(13(11)19)22-10-7-3-5-8-4-1-2-6-9(8)10/h1-7,11-14,16-19H,(H,20,21)/t11?,12-,13?,14?,16+/m0/s1. The lowest BCUT2D eigenvalue weighted by Gasteiger charge is -2.38. The van der Waals surface area contributed by atoms with Crippen LogP contribution in [0.4, 0.5) is 0 Å². The third-order valence-corrected chi connectivity index (χ3v) is 3.81. The smallest absolute Gasteiger partial charge is 0.335 e. The fourth-order valence-corrected chi connectivity index (χ4v) is 2.57. The maximum absolute atomic E-state index is 11.1. The van der Waals surface area contributed by atoms with Crippen molar-refractivity contribution >= 4 is 16.7 Å². The molecule has 5 atom stereocenters. The summed E-state index contributed by atoms with van der Waals surface area (Å²) in [6.07, 6.45) is -8.12.